The van der Waals surface area contributed by atoms with Gasteiger partial charge < -0.3 is 20.1 Å². The lowest BCUT2D eigenvalue weighted by molar-refractivity contribution is -0.122. The fourth-order valence-corrected chi connectivity index (χ4v) is 5.38. The van der Waals surface area contributed by atoms with E-state index in [9.17, 15) is 24.9 Å². The number of hydrogen-bond acceptors (Lipinski definition) is 12. The second-order valence-corrected chi connectivity index (χ2v) is 13.7. The van der Waals surface area contributed by atoms with Crippen molar-refractivity contribution in [3.05, 3.63) is 34.6 Å². The van der Waals surface area contributed by atoms with Crippen molar-refractivity contribution in [1.82, 2.24) is 24.5 Å². The molecule has 0 aliphatic carbocycles. The summed E-state index contributed by atoms with van der Waals surface area (Å²) < 4.78 is 12.6. The van der Waals surface area contributed by atoms with E-state index in [1.807, 2.05) is 15.9 Å². The highest BCUT2D eigenvalue weighted by Gasteiger charge is 2.35. The number of hydrogen-bond donors (Lipinski definition) is 1. The van der Waals surface area contributed by atoms with Crippen LogP contribution in [0.4, 0.5) is 32.7 Å². The molecular formula is C32H40ClN11O5. The van der Waals surface area contributed by atoms with Gasteiger partial charge in [0, 0.05) is 32.7 Å². The fraction of sp³-hybridized carbons (Fsp3) is 0.500. The van der Waals surface area contributed by atoms with E-state index in [4.69, 9.17) is 26.8 Å². The van der Waals surface area contributed by atoms with Crippen molar-refractivity contribution in [2.45, 2.75) is 72.6 Å². The summed E-state index contributed by atoms with van der Waals surface area (Å²) in [5.41, 5.74) is 4.35. The smallest absolute Gasteiger partial charge is 0.422 e. The second-order valence-electron chi connectivity index (χ2n) is 13.3. The number of carbonyl (C=O) groups is 3. The van der Waals surface area contributed by atoms with E-state index in [1.54, 1.807) is 61.5 Å². The Bertz CT molecular complexity index is 1840. The number of imidazole rings is 1. The number of aromatic nitrogens is 4. The number of piperazine rings is 1. The van der Waals surface area contributed by atoms with Crippen molar-refractivity contribution in [3.8, 4) is 12.1 Å². The number of benzene rings is 1. The average molecular weight is 694 g/mol. The molecule has 1 atom stereocenters. The highest BCUT2D eigenvalue weighted by Crippen LogP contribution is 2.41. The average Bonchev–Trinajstić information content (AvgIpc) is 3.43. The van der Waals surface area contributed by atoms with Crippen LogP contribution in [0, 0.1) is 22.7 Å². The van der Waals surface area contributed by atoms with Gasteiger partial charge in [0.25, 0.3) is 5.95 Å². The van der Waals surface area contributed by atoms with Gasteiger partial charge in [-0.2, -0.15) is 20.0 Å². The number of amides is 3. The summed E-state index contributed by atoms with van der Waals surface area (Å²) >= 11 is 7.09. The highest BCUT2D eigenvalue weighted by molar-refractivity contribution is 6.36. The van der Waals surface area contributed by atoms with Crippen LogP contribution in [-0.2, 0) is 14.3 Å². The van der Waals surface area contributed by atoms with E-state index in [0.29, 0.717) is 31.9 Å². The molecule has 3 aromatic rings. The molecule has 3 heterocycles. The zero-order valence-corrected chi connectivity index (χ0v) is 29.6. The first-order chi connectivity index (χ1) is 22.9. The Hall–Kier alpha value is -5.19. The van der Waals surface area contributed by atoms with Crippen LogP contribution in [0.2, 0.25) is 5.02 Å². The molecule has 0 unspecified atom stereocenters. The molecule has 260 valence electrons. The van der Waals surface area contributed by atoms with Crippen LogP contribution >= 0.6 is 11.6 Å². The summed E-state index contributed by atoms with van der Waals surface area (Å²) in [5, 5.41) is 24.5. The van der Waals surface area contributed by atoms with Crippen LogP contribution in [0.1, 0.15) is 66.6 Å². The second kappa shape index (κ2) is 14.1. The summed E-state index contributed by atoms with van der Waals surface area (Å²) in [5.74, 6) is -0.809. The van der Waals surface area contributed by atoms with E-state index in [0.717, 1.165) is 9.42 Å². The molecule has 49 heavy (non-hydrogen) atoms. The quantitative estimate of drug-likeness (QED) is 0.367. The summed E-state index contributed by atoms with van der Waals surface area (Å²) in [6, 6.07) is 6.67. The molecule has 0 saturated carbocycles. The van der Waals surface area contributed by atoms with Crippen LogP contribution in [0.15, 0.2) is 18.3 Å². The maximum atomic E-state index is 14.1. The van der Waals surface area contributed by atoms with Gasteiger partial charge >= 0.3 is 12.2 Å². The molecule has 0 radical (unpaired) electrons. The Labute approximate surface area is 289 Å². The Morgan fingerprint density at radius 1 is 1.02 bits per heavy atom. The number of fused-ring (bicyclic) bond motifs is 1. The zero-order valence-electron chi connectivity index (χ0n) is 28.8. The molecule has 0 bridgehead atoms. The van der Waals surface area contributed by atoms with E-state index in [1.165, 1.54) is 17.2 Å². The summed E-state index contributed by atoms with van der Waals surface area (Å²) in [6.07, 6.45) is -0.429. The van der Waals surface area contributed by atoms with Gasteiger partial charge in [-0.1, -0.05) is 11.6 Å². The first kappa shape index (κ1) is 36.6. The number of anilines is 4. The molecule has 1 saturated heterocycles. The summed E-state index contributed by atoms with van der Waals surface area (Å²) in [4.78, 5) is 54.3. The number of halogens is 1. The molecule has 1 aromatic carbocycles. The fourth-order valence-electron chi connectivity index (χ4n) is 5.07. The van der Waals surface area contributed by atoms with E-state index in [-0.39, 0.29) is 45.9 Å². The lowest BCUT2D eigenvalue weighted by Crippen LogP contribution is -2.53. The number of ether oxygens (including phenoxy) is 2. The molecule has 1 aliphatic heterocycles. The van der Waals surface area contributed by atoms with Crippen LogP contribution in [0.5, 0.6) is 0 Å². The topological polar surface area (TPSA) is 199 Å². The first-order valence-electron chi connectivity index (χ1n) is 15.6. The minimum absolute atomic E-state index is 0.00935. The van der Waals surface area contributed by atoms with Crippen LogP contribution in [0.3, 0.4) is 0 Å². The van der Waals surface area contributed by atoms with E-state index >= 15 is 0 Å². The Kier molecular flexibility index (Phi) is 10.6. The van der Waals surface area contributed by atoms with Gasteiger partial charge in [-0.25, -0.2) is 19.5 Å². The third-order valence-electron chi connectivity index (χ3n) is 7.43. The van der Waals surface area contributed by atoms with Crippen molar-refractivity contribution >= 4 is 58.5 Å². The molecule has 4 rings (SSSR count). The van der Waals surface area contributed by atoms with Gasteiger partial charge in [-0.15, -0.1) is 5.10 Å². The van der Waals surface area contributed by atoms with Crippen molar-refractivity contribution in [2.24, 2.45) is 5.73 Å². The predicted molar refractivity (Wildman–Crippen MR) is 182 cm³/mol. The zero-order chi connectivity index (χ0) is 36.4. The largest absolute Gasteiger partial charge is 0.443 e. The molecule has 2 aromatic heterocycles. The van der Waals surface area contributed by atoms with Gasteiger partial charge in [0.05, 0.1) is 40.3 Å². The number of rotatable bonds is 7. The number of carbonyl (C=O) groups excluding carboxylic acids is 3. The SMILES string of the molecule is CCN(C(=O)OC(C)(C)C)c1nc(N(C(=O)OC(C)(C)C)c2cc(C#N)cc(N3CCN([C@@H](C)C(N)=O)CC3)c2Cl)nn2c(C#N)cnc12. The lowest BCUT2D eigenvalue weighted by atomic mass is 10.1. The lowest BCUT2D eigenvalue weighted by Gasteiger charge is -2.39. The monoisotopic (exact) mass is 693 g/mol. The molecule has 1 fully saturated rings. The summed E-state index contributed by atoms with van der Waals surface area (Å²) in [7, 11) is 0. The molecule has 16 nitrogen and oxygen atoms in total. The number of primary amides is 1. The maximum absolute atomic E-state index is 14.1. The molecule has 17 heteroatoms. The van der Waals surface area contributed by atoms with Gasteiger partial charge in [-0.3, -0.25) is 14.6 Å². The minimum atomic E-state index is -0.989. The van der Waals surface area contributed by atoms with Crippen molar-refractivity contribution in [2.75, 3.05) is 47.4 Å². The Morgan fingerprint density at radius 3 is 2.16 bits per heavy atom. The number of nitriles is 2. The predicted octanol–water partition coefficient (Wildman–Crippen LogP) is 4.35. The van der Waals surface area contributed by atoms with Gasteiger partial charge in [0.2, 0.25) is 5.91 Å². The molecular weight excluding hydrogens is 654 g/mol. The molecule has 2 N–H and O–H groups in total. The third kappa shape index (κ3) is 8.10. The van der Waals surface area contributed by atoms with E-state index in [2.05, 4.69) is 21.1 Å². The van der Waals surface area contributed by atoms with Crippen LogP contribution in [0.25, 0.3) is 5.65 Å². The first-order valence-corrected chi connectivity index (χ1v) is 16.0. The molecule has 1 aliphatic rings. The van der Waals surface area contributed by atoms with Gasteiger partial charge in [0.15, 0.2) is 17.2 Å². The van der Waals surface area contributed by atoms with Crippen LogP contribution in [-0.4, -0.2) is 92.5 Å². The third-order valence-corrected chi connectivity index (χ3v) is 7.82. The number of nitrogens with zero attached hydrogens (tertiary/aromatic N) is 10. The van der Waals surface area contributed by atoms with Gasteiger partial charge in [-0.05, 0) is 67.5 Å². The highest BCUT2D eigenvalue weighted by atomic mass is 35.5. The number of nitrogens with two attached hydrogens (primary N) is 1. The molecule has 0 spiro atoms. The van der Waals surface area contributed by atoms with Crippen molar-refractivity contribution in [1.29, 1.82) is 10.5 Å². The maximum Gasteiger partial charge on any atom is 0.422 e. The Morgan fingerprint density at radius 2 is 1.63 bits per heavy atom. The van der Waals surface area contributed by atoms with E-state index < -0.39 is 35.3 Å². The summed E-state index contributed by atoms with van der Waals surface area (Å²) in [6.45, 7) is 15.5. The minimum Gasteiger partial charge on any atom is -0.443 e. The standard InChI is InChI=1S/C32H40ClN11O5/c1-9-42(29(46)48-31(3,4)5)27-26-37-18-21(17-35)44(26)39-28(38-27)43(30(47)49-32(6,7)8)23-15-20(16-34)14-22(24(23)33)41-12-10-40(11-13-41)19(2)25(36)45/h14-15,18-19H,9-13H2,1-8H3,(H2,36,45)/t19-/m0/s1. The van der Waals surface area contributed by atoms with Gasteiger partial charge in [0.1, 0.15) is 17.3 Å². The van der Waals surface area contributed by atoms with Crippen molar-refractivity contribution < 1.29 is 23.9 Å². The Balaban J connectivity index is 1.95. The van der Waals surface area contributed by atoms with Crippen LogP contribution < -0.4 is 20.4 Å². The molecule has 3 amide bonds. The van der Waals surface area contributed by atoms with Crippen molar-refractivity contribution in [3.63, 3.8) is 0 Å². The normalized spacial score (nSPS) is 14.5.